The molecule has 0 heterocycles. The molecule has 0 aliphatic carbocycles. The second kappa shape index (κ2) is 3.86. The predicted molar refractivity (Wildman–Crippen MR) is 51.0 cm³/mol. The molecule has 0 spiro atoms. The van der Waals surface area contributed by atoms with E-state index < -0.39 is 0 Å². The summed E-state index contributed by atoms with van der Waals surface area (Å²) in [6.45, 7) is 5.53. The van der Waals surface area contributed by atoms with E-state index in [0.717, 1.165) is 6.42 Å². The van der Waals surface area contributed by atoms with Crippen LogP contribution in [0.4, 0.5) is 0 Å². The first-order valence-electron chi connectivity index (χ1n) is 3.20. The first-order valence-corrected chi connectivity index (χ1v) is 4.91. The SMILES string of the molecule is CC(=O)C(C)(Br)CC(C)Br. The van der Waals surface area contributed by atoms with Gasteiger partial charge in [-0.05, 0) is 20.3 Å². The lowest BCUT2D eigenvalue weighted by Crippen LogP contribution is -2.28. The first kappa shape index (κ1) is 10.6. The second-order valence-corrected chi connectivity index (χ2v) is 6.05. The molecule has 0 bridgehead atoms. The standard InChI is InChI=1S/C7H12Br2O/c1-5(8)4-7(3,9)6(2)10/h5H,4H2,1-3H3. The summed E-state index contributed by atoms with van der Waals surface area (Å²) in [5.41, 5.74) is 0. The molecule has 0 aliphatic heterocycles. The van der Waals surface area contributed by atoms with Crippen molar-refractivity contribution in [2.45, 2.75) is 36.3 Å². The molecule has 2 atom stereocenters. The fourth-order valence-corrected chi connectivity index (χ4v) is 2.24. The zero-order chi connectivity index (χ0) is 8.36. The van der Waals surface area contributed by atoms with Gasteiger partial charge >= 0.3 is 0 Å². The van der Waals surface area contributed by atoms with Crippen LogP contribution in [0.15, 0.2) is 0 Å². The number of carbonyl (C=O) groups excluding carboxylic acids is 1. The van der Waals surface area contributed by atoms with Crippen LogP contribution in [-0.2, 0) is 4.79 Å². The molecule has 0 aromatic heterocycles. The van der Waals surface area contributed by atoms with Gasteiger partial charge in [-0.25, -0.2) is 0 Å². The van der Waals surface area contributed by atoms with Crippen molar-refractivity contribution in [3.05, 3.63) is 0 Å². The number of Topliss-reactive ketones (excluding diaryl/α,β-unsaturated/α-hetero) is 1. The van der Waals surface area contributed by atoms with E-state index in [1.165, 1.54) is 0 Å². The van der Waals surface area contributed by atoms with Crippen LogP contribution in [0, 0.1) is 0 Å². The molecule has 0 aliphatic rings. The molecule has 60 valence electrons. The quantitative estimate of drug-likeness (QED) is 0.722. The molecule has 0 aromatic rings. The number of rotatable bonds is 3. The molecule has 0 N–H and O–H groups in total. The lowest BCUT2D eigenvalue weighted by Gasteiger charge is -2.19. The normalized spacial score (nSPS) is 19.7. The molecule has 0 fully saturated rings. The van der Waals surface area contributed by atoms with Gasteiger partial charge in [-0.1, -0.05) is 38.8 Å². The van der Waals surface area contributed by atoms with Crippen LogP contribution in [0.1, 0.15) is 27.2 Å². The van der Waals surface area contributed by atoms with Crippen molar-refractivity contribution in [3.63, 3.8) is 0 Å². The molecule has 3 heteroatoms. The van der Waals surface area contributed by atoms with E-state index in [1.807, 2.05) is 13.8 Å². The topological polar surface area (TPSA) is 17.1 Å². The lowest BCUT2D eigenvalue weighted by molar-refractivity contribution is -0.118. The van der Waals surface area contributed by atoms with Crippen molar-refractivity contribution in [3.8, 4) is 0 Å². The maximum Gasteiger partial charge on any atom is 0.146 e. The van der Waals surface area contributed by atoms with E-state index >= 15 is 0 Å². The summed E-state index contributed by atoms with van der Waals surface area (Å²) in [4.78, 5) is 11.3. The Morgan fingerprint density at radius 3 is 2.20 bits per heavy atom. The Hall–Kier alpha value is 0.630. The van der Waals surface area contributed by atoms with Crippen molar-refractivity contribution in [1.82, 2.24) is 0 Å². The lowest BCUT2D eigenvalue weighted by atomic mass is 10.0. The third kappa shape index (κ3) is 3.71. The fourth-order valence-electron chi connectivity index (χ4n) is 0.672. The Balaban J connectivity index is 4.00. The highest BCUT2D eigenvalue weighted by Gasteiger charge is 2.27. The van der Waals surface area contributed by atoms with Crippen molar-refractivity contribution < 1.29 is 4.79 Å². The molecule has 10 heavy (non-hydrogen) atoms. The minimum absolute atomic E-state index is 0.179. The van der Waals surface area contributed by atoms with Crippen LogP contribution in [0.5, 0.6) is 0 Å². The number of alkyl halides is 2. The Bertz CT molecular complexity index is 130. The van der Waals surface area contributed by atoms with Gasteiger partial charge in [0.05, 0.1) is 4.32 Å². The molecule has 2 unspecified atom stereocenters. The first-order chi connectivity index (χ1) is 4.36. The van der Waals surface area contributed by atoms with Gasteiger partial charge in [0.15, 0.2) is 0 Å². The molecular weight excluding hydrogens is 260 g/mol. The van der Waals surface area contributed by atoms with Gasteiger partial charge in [0, 0.05) is 4.83 Å². The average Bonchev–Trinajstić information content (AvgIpc) is 1.60. The van der Waals surface area contributed by atoms with Gasteiger partial charge in [0.25, 0.3) is 0 Å². The average molecular weight is 272 g/mol. The molecule has 0 radical (unpaired) electrons. The summed E-state index contributed by atoms with van der Waals surface area (Å²) in [5.74, 6) is 0.179. The molecular formula is C7H12Br2O. The molecule has 0 saturated heterocycles. The highest BCUT2D eigenvalue weighted by atomic mass is 79.9. The third-order valence-electron chi connectivity index (χ3n) is 1.40. The van der Waals surface area contributed by atoms with E-state index in [2.05, 4.69) is 31.9 Å². The molecule has 0 aromatic carbocycles. The summed E-state index contributed by atoms with van der Waals surface area (Å²) in [5, 5.41) is 0. The number of hydrogen-bond acceptors (Lipinski definition) is 1. The summed E-state index contributed by atoms with van der Waals surface area (Å²) in [7, 11) is 0. The third-order valence-corrected chi connectivity index (χ3v) is 2.60. The second-order valence-electron chi connectivity index (χ2n) is 2.74. The maximum atomic E-state index is 10.9. The van der Waals surface area contributed by atoms with Gasteiger partial charge in [0.2, 0.25) is 0 Å². The fraction of sp³-hybridized carbons (Fsp3) is 0.857. The van der Waals surface area contributed by atoms with Crippen LogP contribution in [0.3, 0.4) is 0 Å². The van der Waals surface area contributed by atoms with Crippen molar-refractivity contribution in [2.75, 3.05) is 0 Å². The monoisotopic (exact) mass is 270 g/mol. The van der Waals surface area contributed by atoms with E-state index in [0.29, 0.717) is 4.83 Å². The largest absolute Gasteiger partial charge is 0.298 e. The minimum atomic E-state index is -0.351. The van der Waals surface area contributed by atoms with Crippen molar-refractivity contribution in [1.29, 1.82) is 0 Å². The highest BCUT2D eigenvalue weighted by Crippen LogP contribution is 2.27. The molecule has 0 amide bonds. The van der Waals surface area contributed by atoms with Crippen LogP contribution in [0.2, 0.25) is 0 Å². The van der Waals surface area contributed by atoms with Gasteiger partial charge < -0.3 is 0 Å². The summed E-state index contributed by atoms with van der Waals surface area (Å²) in [6, 6.07) is 0. The zero-order valence-electron chi connectivity index (χ0n) is 6.45. The smallest absolute Gasteiger partial charge is 0.146 e. The van der Waals surface area contributed by atoms with E-state index in [4.69, 9.17) is 0 Å². The number of ketones is 1. The van der Waals surface area contributed by atoms with Crippen LogP contribution >= 0.6 is 31.9 Å². The molecule has 0 rings (SSSR count). The van der Waals surface area contributed by atoms with E-state index in [1.54, 1.807) is 6.92 Å². The van der Waals surface area contributed by atoms with E-state index in [-0.39, 0.29) is 10.1 Å². The Labute approximate surface area is 78.8 Å². The molecule has 1 nitrogen and oxygen atoms in total. The van der Waals surface area contributed by atoms with Crippen molar-refractivity contribution in [2.24, 2.45) is 0 Å². The number of halogens is 2. The van der Waals surface area contributed by atoms with Gasteiger partial charge in [-0.2, -0.15) is 0 Å². The highest BCUT2D eigenvalue weighted by molar-refractivity contribution is 9.10. The summed E-state index contributed by atoms with van der Waals surface area (Å²) in [6.07, 6.45) is 0.822. The zero-order valence-corrected chi connectivity index (χ0v) is 9.62. The maximum absolute atomic E-state index is 10.9. The van der Waals surface area contributed by atoms with Gasteiger partial charge in [-0.15, -0.1) is 0 Å². The number of carbonyl (C=O) groups is 1. The predicted octanol–water partition coefficient (Wildman–Crippen LogP) is 2.90. The Kier molecular flexibility index (Phi) is 4.10. The summed E-state index contributed by atoms with van der Waals surface area (Å²) >= 11 is 6.76. The number of hydrogen-bond donors (Lipinski definition) is 0. The molecule has 0 saturated carbocycles. The van der Waals surface area contributed by atoms with Crippen LogP contribution in [-0.4, -0.2) is 14.9 Å². The van der Waals surface area contributed by atoms with Crippen LogP contribution < -0.4 is 0 Å². The Morgan fingerprint density at radius 2 is 2.10 bits per heavy atom. The van der Waals surface area contributed by atoms with E-state index in [9.17, 15) is 4.79 Å². The minimum Gasteiger partial charge on any atom is -0.298 e. The Morgan fingerprint density at radius 1 is 1.70 bits per heavy atom. The van der Waals surface area contributed by atoms with Crippen molar-refractivity contribution >= 4 is 37.6 Å². The summed E-state index contributed by atoms with van der Waals surface area (Å²) < 4.78 is -0.351. The van der Waals surface area contributed by atoms with Gasteiger partial charge in [0.1, 0.15) is 5.78 Å². The van der Waals surface area contributed by atoms with Gasteiger partial charge in [-0.3, -0.25) is 4.79 Å². The van der Waals surface area contributed by atoms with Crippen LogP contribution in [0.25, 0.3) is 0 Å².